The van der Waals surface area contributed by atoms with E-state index in [4.69, 9.17) is 52.1 Å². The molecule has 0 aromatic carbocycles. The number of methoxy groups -OCH3 is 1. The van der Waals surface area contributed by atoms with Crippen molar-refractivity contribution in [1.82, 2.24) is 4.90 Å². The number of amides is 1. The monoisotopic (exact) mass is 2140 g/mol. The lowest BCUT2D eigenvalue weighted by Gasteiger charge is -2.53. The van der Waals surface area contributed by atoms with Crippen LogP contribution < -0.4 is 0 Å². The van der Waals surface area contributed by atoms with Crippen molar-refractivity contribution < 1.29 is 200 Å². The van der Waals surface area contributed by atoms with E-state index < -0.39 is 168 Å². The third-order valence-corrected chi connectivity index (χ3v) is 27.8. The third-order valence-electron chi connectivity index (χ3n) is 27.8. The normalized spacial score (nSPS) is 24.4. The van der Waals surface area contributed by atoms with Gasteiger partial charge in [0.15, 0.2) is 12.1 Å². The molecular formula is C99H161F24NO20. The number of rotatable bonds is 47. The van der Waals surface area contributed by atoms with E-state index in [9.17, 15) is 129 Å². The zero-order valence-corrected chi connectivity index (χ0v) is 87.1. The lowest BCUT2D eigenvalue weighted by Crippen LogP contribution is -2.49. The van der Waals surface area contributed by atoms with E-state index in [-0.39, 0.29) is 132 Å². The van der Waals surface area contributed by atoms with Crippen LogP contribution in [0.3, 0.4) is 0 Å². The van der Waals surface area contributed by atoms with E-state index in [0.29, 0.717) is 103 Å². The summed E-state index contributed by atoms with van der Waals surface area (Å²) in [5, 5.41) is 0. The fraction of sp³-hybridized carbons (Fsp3) is 0.949. The van der Waals surface area contributed by atoms with E-state index in [0.717, 1.165) is 81.5 Å². The van der Waals surface area contributed by atoms with Crippen molar-refractivity contribution in [2.45, 2.75) is 448 Å². The summed E-state index contributed by atoms with van der Waals surface area (Å²) in [4.78, 5) is 56.8. The predicted octanol–water partition coefficient (Wildman–Crippen LogP) is 26.1. The maximum atomic E-state index is 13.1. The number of esters is 3. The second-order valence-electron chi connectivity index (χ2n) is 41.8. The molecule has 45 heteroatoms. The number of nitrogens with zero attached hydrogens (tertiary/aromatic N) is 1. The SMILES string of the molecule is CC(C)(OCCC(F)(F)C(C)(F)F)C1CCCCC1.CC(F)(F)C(=O)OCCOCOC1C2CC3CC(C2)CC1C3.CC(F)(F)C(F)(F)CCOCOC1C2CC3CC(C2)CC1C3.CC1(C)OCC(COC(=O)C(C)(F)F)O1.CC1(OC(=O)CCCC(=O)C(C)(F)F)CCCCC1.CCC(C)(CC)OCCC(F)(F)C(C)(F)F.CCOC(C)OC1CCN(C(=O)C(C)(F)F)CC1.COCOCCC(F)(F)C(C)(F)F. The van der Waals surface area contributed by atoms with Crippen molar-refractivity contribution in [3.8, 4) is 0 Å². The topological polar surface area (TPSA) is 227 Å². The highest BCUT2D eigenvalue weighted by atomic mass is 19.3. The molecule has 12 aliphatic rings. The van der Waals surface area contributed by atoms with Gasteiger partial charge in [-0.15, -0.1) is 0 Å². The van der Waals surface area contributed by atoms with E-state index in [1.54, 1.807) is 27.7 Å². The van der Waals surface area contributed by atoms with Crippen LogP contribution in [0, 0.1) is 53.3 Å². The molecule has 10 aliphatic carbocycles. The van der Waals surface area contributed by atoms with Gasteiger partial charge >= 0.3 is 89.0 Å². The van der Waals surface area contributed by atoms with Gasteiger partial charge in [-0.2, -0.15) is 70.2 Å². The molecule has 12 rings (SSSR count). The van der Waals surface area contributed by atoms with Crippen LogP contribution in [0.15, 0.2) is 0 Å². The summed E-state index contributed by atoms with van der Waals surface area (Å²) in [6, 6.07) is 0. The molecule has 2 saturated heterocycles. The van der Waals surface area contributed by atoms with Crippen molar-refractivity contribution in [1.29, 1.82) is 0 Å². The Hall–Kier alpha value is -4.61. The molecule has 2 atom stereocenters. The van der Waals surface area contributed by atoms with Gasteiger partial charge in [-0.05, 0) is 243 Å². The Morgan fingerprint density at radius 1 is 0.438 bits per heavy atom. The van der Waals surface area contributed by atoms with Gasteiger partial charge in [0.2, 0.25) is 5.78 Å². The summed E-state index contributed by atoms with van der Waals surface area (Å²) in [5.74, 6) is -45.7. The third kappa shape index (κ3) is 48.1. The quantitative estimate of drug-likeness (QED) is 0.0181. The van der Waals surface area contributed by atoms with Crippen LogP contribution in [0.25, 0.3) is 0 Å². The molecule has 0 radical (unpaired) electrons. The molecule has 10 saturated carbocycles. The summed E-state index contributed by atoms with van der Waals surface area (Å²) in [5.41, 5.74) is -1.42. The van der Waals surface area contributed by atoms with Gasteiger partial charge in [0, 0.05) is 121 Å². The van der Waals surface area contributed by atoms with E-state index in [1.807, 2.05) is 41.5 Å². The van der Waals surface area contributed by atoms with E-state index >= 15 is 0 Å². The second-order valence-corrected chi connectivity index (χ2v) is 41.8. The van der Waals surface area contributed by atoms with Gasteiger partial charge in [0.25, 0.3) is 5.91 Å². The molecule has 2 aliphatic heterocycles. The minimum Gasteiger partial charge on any atom is -0.459 e. The number of hydrogen-bond acceptors (Lipinski definition) is 20. The first-order valence-electron chi connectivity index (χ1n) is 50.2. The largest absolute Gasteiger partial charge is 0.459 e. The molecule has 850 valence electrons. The van der Waals surface area contributed by atoms with Crippen molar-refractivity contribution in [2.24, 2.45) is 53.3 Å². The number of ether oxygens (including phenoxy) is 15. The number of Topliss-reactive ketones (excluding diaryl/α,β-unsaturated/α-hetero) is 1. The smallest absolute Gasteiger partial charge is 0.376 e. The fourth-order valence-electron chi connectivity index (χ4n) is 19.1. The molecule has 0 aromatic rings. The number of carbonyl (C=O) groups is 5. The first-order chi connectivity index (χ1) is 65.9. The first kappa shape index (κ1) is 134. The van der Waals surface area contributed by atoms with Crippen LogP contribution in [0.1, 0.15) is 324 Å². The molecule has 8 bridgehead atoms. The number of likely N-dealkylation sites (tertiary alicyclic amines) is 1. The summed E-state index contributed by atoms with van der Waals surface area (Å²) in [6.45, 7) is 20.8. The predicted molar refractivity (Wildman–Crippen MR) is 483 cm³/mol. The molecule has 2 heterocycles. The number of piperidine rings is 1. The number of halogens is 24. The first-order valence-corrected chi connectivity index (χ1v) is 50.2. The number of alkyl halides is 24. The lowest BCUT2D eigenvalue weighted by molar-refractivity contribution is -0.216. The van der Waals surface area contributed by atoms with Gasteiger partial charge < -0.3 is 76.0 Å². The Kier molecular flexibility index (Phi) is 54.2. The van der Waals surface area contributed by atoms with Crippen LogP contribution in [-0.4, -0.2) is 259 Å². The van der Waals surface area contributed by atoms with Crippen LogP contribution in [0.4, 0.5) is 105 Å². The molecule has 0 aromatic heterocycles. The highest BCUT2D eigenvalue weighted by Crippen LogP contribution is 2.57. The van der Waals surface area contributed by atoms with Crippen molar-refractivity contribution >= 4 is 29.6 Å². The fourth-order valence-corrected chi connectivity index (χ4v) is 19.1. The summed E-state index contributed by atoms with van der Waals surface area (Å²) < 4.78 is 381. The average molecular weight is 2140 g/mol. The van der Waals surface area contributed by atoms with Crippen LogP contribution >= 0.6 is 0 Å². The maximum absolute atomic E-state index is 13.1. The molecule has 144 heavy (non-hydrogen) atoms. The van der Waals surface area contributed by atoms with Crippen molar-refractivity contribution in [2.75, 3.05) is 100 Å². The summed E-state index contributed by atoms with van der Waals surface area (Å²) in [6.07, 6.45) is 21.2. The Balaban J connectivity index is 0.000000425. The highest BCUT2D eigenvalue weighted by molar-refractivity contribution is 5.85. The Bertz CT molecular complexity index is 3600. The van der Waals surface area contributed by atoms with Crippen molar-refractivity contribution in [3.05, 3.63) is 0 Å². The Morgan fingerprint density at radius 2 is 0.826 bits per heavy atom. The van der Waals surface area contributed by atoms with Gasteiger partial charge in [0.05, 0.1) is 69.2 Å². The molecule has 2 unspecified atom stereocenters. The number of carbonyl (C=O) groups excluding carboxylic acids is 5. The Morgan fingerprint density at radius 3 is 1.19 bits per heavy atom. The van der Waals surface area contributed by atoms with Crippen LogP contribution in [0.5, 0.6) is 0 Å². The minimum atomic E-state index is -4.03. The zero-order valence-electron chi connectivity index (χ0n) is 87.1. The highest BCUT2D eigenvalue weighted by Gasteiger charge is 2.57. The summed E-state index contributed by atoms with van der Waals surface area (Å²) in [7, 11) is 1.31. The molecule has 12 fully saturated rings. The van der Waals surface area contributed by atoms with Gasteiger partial charge in [-0.3, -0.25) is 14.4 Å². The maximum Gasteiger partial charge on any atom is 0.376 e. The number of hydrogen-bond donors (Lipinski definition) is 0. The minimum absolute atomic E-state index is 0.0252. The van der Waals surface area contributed by atoms with Gasteiger partial charge in [-0.1, -0.05) is 39.5 Å². The molecule has 1 amide bonds. The Labute approximate surface area is 833 Å². The standard InChI is InChI=1S/C16H24F4O2.C16H24F2O4.C14H24F4O.C14H22F2O3.C12H21F2NO3.C11H20F4O.C9H14F2O4.C7H12F4O2/c1-15(17,18)16(19,20)2-3-21-9-22-14-12-5-10-4-11(7-12)8-13(14)6-10;1-16(17,18)15(19)21-3-2-20-9-22-14-12-5-10-4-11(7-12)8-13(14)6-10;1-12(2,11-7-5-4-6-8-11)19-10-9-14(17,18)13(3,15)16;1-13(9-4-3-5-10-13)19-12(18)8-6-7-11(17)14(2,15)16;1-4-17-9(2)18-10-5-7-15(8-6-10)11(16)12(3,13)14;1-5-9(3,6-2)16-8-7-11(14,15)10(4,12)13;1-8(2)14-5-6(15-8)4-13-7(12)9(3,10)11;1-6(8,9)7(10,11)3-4-13-5-12-2/h2*10-14H,2-9H2,1H3;11H,4-10H2,1-3H3;3-10H2,1-2H3;9-10H,4-8H2,1-3H3;5-8H2,1-4H3;6H,4-5H2,1-3H3;3-5H2,1-2H3. The van der Waals surface area contributed by atoms with Gasteiger partial charge in [0.1, 0.15) is 45.3 Å². The van der Waals surface area contributed by atoms with E-state index in [1.165, 1.54) is 82.6 Å². The molecule has 0 spiro atoms. The lowest BCUT2D eigenvalue weighted by atomic mass is 9.55. The average Bonchev–Trinajstić information content (AvgIpc) is 0.833. The second kappa shape index (κ2) is 58.5. The molecule has 21 nitrogen and oxygen atoms in total. The van der Waals surface area contributed by atoms with E-state index in [2.05, 4.69) is 18.9 Å². The van der Waals surface area contributed by atoms with Crippen LogP contribution in [0.2, 0.25) is 0 Å². The molecular weight excluding hydrogens is 1980 g/mol. The zero-order chi connectivity index (χ0) is 110. The van der Waals surface area contributed by atoms with Gasteiger partial charge in [-0.25, -0.2) is 44.7 Å². The molecule has 0 N–H and O–H groups in total. The van der Waals surface area contributed by atoms with Crippen LogP contribution in [-0.2, 0) is 95.0 Å². The van der Waals surface area contributed by atoms with Crippen molar-refractivity contribution in [3.63, 3.8) is 0 Å². The number of ketones is 1. The summed E-state index contributed by atoms with van der Waals surface area (Å²) >= 11 is 0.